The minimum Gasteiger partial charge on any atom is -0.497 e. The largest absolute Gasteiger partial charge is 0.497 e. The summed E-state index contributed by atoms with van der Waals surface area (Å²) >= 11 is 0. The predicted octanol–water partition coefficient (Wildman–Crippen LogP) is 3.49. The first kappa shape index (κ1) is 18.9. The van der Waals surface area contributed by atoms with Crippen molar-refractivity contribution in [3.8, 4) is 5.75 Å². The second-order valence-electron chi connectivity index (χ2n) is 9.25. The van der Waals surface area contributed by atoms with Gasteiger partial charge in [-0.2, -0.15) is 0 Å². The van der Waals surface area contributed by atoms with E-state index >= 15 is 0 Å². The van der Waals surface area contributed by atoms with Crippen LogP contribution in [0.2, 0.25) is 0 Å². The zero-order chi connectivity index (χ0) is 21.4. The molecule has 4 atom stereocenters. The minimum absolute atomic E-state index is 0.0473. The number of imide groups is 1. The van der Waals surface area contributed by atoms with E-state index in [1.807, 2.05) is 57.2 Å². The average molecular weight is 404 g/mol. The Kier molecular flexibility index (Phi) is 3.88. The van der Waals surface area contributed by atoms with E-state index in [4.69, 9.17) is 4.74 Å². The number of amides is 3. The average Bonchev–Trinajstić information content (AvgIpc) is 3.32. The van der Waals surface area contributed by atoms with Crippen molar-refractivity contribution in [1.29, 1.82) is 0 Å². The molecule has 0 spiro atoms. The summed E-state index contributed by atoms with van der Waals surface area (Å²) in [6.07, 6.45) is 0. The number of nitrogens with zero attached hydrogens (tertiary/aromatic N) is 2. The van der Waals surface area contributed by atoms with Crippen LogP contribution < -0.4 is 9.64 Å². The summed E-state index contributed by atoms with van der Waals surface area (Å²) in [6, 6.07) is 13.8. The van der Waals surface area contributed by atoms with Crippen LogP contribution >= 0.6 is 0 Å². The highest BCUT2D eigenvalue weighted by Crippen LogP contribution is 2.63. The first-order chi connectivity index (χ1) is 14.3. The van der Waals surface area contributed by atoms with E-state index in [2.05, 4.69) is 0 Å². The Morgan fingerprint density at radius 1 is 0.900 bits per heavy atom. The number of carbonyl (C=O) groups excluding carboxylic acids is 3. The second-order valence-corrected chi connectivity index (χ2v) is 9.25. The zero-order valence-corrected chi connectivity index (χ0v) is 17.5. The predicted molar refractivity (Wildman–Crippen MR) is 111 cm³/mol. The van der Waals surface area contributed by atoms with Crippen LogP contribution in [0.5, 0.6) is 5.75 Å². The van der Waals surface area contributed by atoms with Gasteiger partial charge in [-0.15, -0.1) is 0 Å². The van der Waals surface area contributed by atoms with Crippen molar-refractivity contribution >= 4 is 23.4 Å². The lowest BCUT2D eigenvalue weighted by Gasteiger charge is -2.32. The number of ether oxygens (including phenoxy) is 1. The molecule has 6 nitrogen and oxygen atoms in total. The Hall–Kier alpha value is -3.15. The fraction of sp³-hybridized carbons (Fsp3) is 0.375. The molecule has 3 aliphatic heterocycles. The van der Waals surface area contributed by atoms with Gasteiger partial charge in [-0.1, -0.05) is 45.0 Å². The van der Waals surface area contributed by atoms with Gasteiger partial charge in [0.15, 0.2) is 0 Å². The van der Waals surface area contributed by atoms with Crippen LogP contribution in [0.25, 0.3) is 0 Å². The van der Waals surface area contributed by atoms with Gasteiger partial charge in [0, 0.05) is 5.41 Å². The molecule has 2 aromatic carbocycles. The molecule has 2 bridgehead atoms. The summed E-state index contributed by atoms with van der Waals surface area (Å²) in [4.78, 5) is 43.5. The lowest BCUT2D eigenvalue weighted by atomic mass is 9.77. The minimum atomic E-state index is -0.619. The van der Waals surface area contributed by atoms with Crippen molar-refractivity contribution in [2.75, 3.05) is 12.0 Å². The monoisotopic (exact) mass is 404 g/mol. The number of hydrogen-bond acceptors (Lipinski definition) is 4. The van der Waals surface area contributed by atoms with Crippen molar-refractivity contribution in [3.63, 3.8) is 0 Å². The van der Waals surface area contributed by atoms with Gasteiger partial charge in [-0.3, -0.25) is 14.4 Å². The molecular weight excluding hydrogens is 380 g/mol. The maximum atomic E-state index is 13.5. The third-order valence-corrected chi connectivity index (χ3v) is 6.50. The molecule has 6 heteroatoms. The zero-order valence-electron chi connectivity index (χ0n) is 17.5. The van der Waals surface area contributed by atoms with Gasteiger partial charge in [0.2, 0.25) is 17.7 Å². The highest BCUT2D eigenvalue weighted by molar-refractivity contribution is 6.23. The number of rotatable bonds is 2. The van der Waals surface area contributed by atoms with Crippen LogP contribution in [0.4, 0.5) is 5.69 Å². The molecule has 2 saturated heterocycles. The van der Waals surface area contributed by atoms with E-state index in [-0.39, 0.29) is 17.7 Å². The first-order valence-electron chi connectivity index (χ1n) is 10.2. The van der Waals surface area contributed by atoms with E-state index in [1.165, 1.54) is 4.90 Å². The summed E-state index contributed by atoms with van der Waals surface area (Å²) in [5.41, 5.74) is 1.81. The molecule has 0 saturated carbocycles. The van der Waals surface area contributed by atoms with E-state index in [0.717, 1.165) is 11.1 Å². The van der Waals surface area contributed by atoms with Crippen molar-refractivity contribution in [3.05, 3.63) is 59.7 Å². The van der Waals surface area contributed by atoms with Crippen molar-refractivity contribution in [1.82, 2.24) is 4.90 Å². The summed E-state index contributed by atoms with van der Waals surface area (Å²) in [6.45, 7) is 5.61. The smallest absolute Gasteiger partial charge is 0.240 e. The third kappa shape index (κ3) is 2.33. The standard InChI is InChI=1S/C24H24N2O4/c1-24(2,3)23(29)26-19-15-11-10-14(30-4)12-16(15)20(26)18-17(19)21(27)25(22(18)28)13-8-6-5-7-9-13/h5-12,17-20H,1-4H3/t17-,18-,19+,20+/m1/s1. The van der Waals surface area contributed by atoms with Gasteiger partial charge in [0.05, 0.1) is 36.7 Å². The summed E-state index contributed by atoms with van der Waals surface area (Å²) in [5, 5.41) is 0. The molecule has 3 amide bonds. The lowest BCUT2D eigenvalue weighted by molar-refractivity contribution is -0.143. The molecule has 3 aliphatic rings. The van der Waals surface area contributed by atoms with Crippen molar-refractivity contribution < 1.29 is 19.1 Å². The number of hydrogen-bond donors (Lipinski definition) is 0. The lowest BCUT2D eigenvalue weighted by Crippen LogP contribution is -2.42. The maximum Gasteiger partial charge on any atom is 0.240 e. The van der Waals surface area contributed by atoms with Crippen LogP contribution in [0.1, 0.15) is 44.0 Å². The Balaban J connectivity index is 1.65. The Morgan fingerprint density at radius 2 is 1.50 bits per heavy atom. The molecule has 0 aliphatic carbocycles. The summed E-state index contributed by atoms with van der Waals surface area (Å²) in [7, 11) is 1.59. The molecule has 0 aromatic heterocycles. The number of anilines is 1. The number of carbonyl (C=O) groups is 3. The normalized spacial score (nSPS) is 26.8. The molecule has 0 N–H and O–H groups in total. The summed E-state index contributed by atoms with van der Waals surface area (Å²) in [5.74, 6) is -0.962. The van der Waals surface area contributed by atoms with Crippen LogP contribution in [0, 0.1) is 17.3 Å². The van der Waals surface area contributed by atoms with Crippen LogP contribution in [-0.2, 0) is 14.4 Å². The third-order valence-electron chi connectivity index (χ3n) is 6.50. The van der Waals surface area contributed by atoms with E-state index in [0.29, 0.717) is 11.4 Å². The first-order valence-corrected chi connectivity index (χ1v) is 10.2. The fourth-order valence-corrected chi connectivity index (χ4v) is 5.26. The fourth-order valence-electron chi connectivity index (χ4n) is 5.26. The van der Waals surface area contributed by atoms with E-state index in [1.54, 1.807) is 24.1 Å². The molecule has 5 rings (SSSR count). The van der Waals surface area contributed by atoms with E-state index < -0.39 is 29.3 Å². The summed E-state index contributed by atoms with van der Waals surface area (Å²) < 4.78 is 5.39. The molecule has 154 valence electrons. The van der Waals surface area contributed by atoms with Crippen molar-refractivity contribution in [2.24, 2.45) is 17.3 Å². The Morgan fingerprint density at radius 3 is 2.07 bits per heavy atom. The van der Waals surface area contributed by atoms with Crippen LogP contribution in [0.15, 0.2) is 48.5 Å². The number of para-hydroxylation sites is 1. The molecule has 2 aromatic rings. The van der Waals surface area contributed by atoms with Gasteiger partial charge in [-0.25, -0.2) is 4.90 Å². The molecule has 2 fully saturated rings. The van der Waals surface area contributed by atoms with Gasteiger partial charge in [0.1, 0.15) is 5.75 Å². The second kappa shape index (κ2) is 6.17. The molecule has 0 radical (unpaired) electrons. The Bertz CT molecular complexity index is 1070. The Labute approximate surface area is 175 Å². The molecular formula is C24H24N2O4. The quantitative estimate of drug-likeness (QED) is 0.719. The number of methoxy groups -OCH3 is 1. The van der Waals surface area contributed by atoms with Gasteiger partial charge in [0.25, 0.3) is 0 Å². The van der Waals surface area contributed by atoms with E-state index in [9.17, 15) is 14.4 Å². The molecule has 30 heavy (non-hydrogen) atoms. The maximum absolute atomic E-state index is 13.5. The highest BCUT2D eigenvalue weighted by atomic mass is 16.5. The number of benzene rings is 2. The van der Waals surface area contributed by atoms with Crippen LogP contribution in [0.3, 0.4) is 0 Å². The van der Waals surface area contributed by atoms with Gasteiger partial charge in [-0.05, 0) is 35.4 Å². The van der Waals surface area contributed by atoms with Gasteiger partial charge < -0.3 is 9.64 Å². The number of fused-ring (bicyclic) bond motifs is 8. The van der Waals surface area contributed by atoms with Crippen LogP contribution in [-0.4, -0.2) is 29.7 Å². The van der Waals surface area contributed by atoms with Crippen molar-refractivity contribution in [2.45, 2.75) is 32.9 Å². The molecule has 3 heterocycles. The molecule has 0 unspecified atom stereocenters. The topological polar surface area (TPSA) is 66.9 Å². The SMILES string of the molecule is COc1ccc2c(c1)[C@H]1[C@@H]3C(=O)N(c4ccccc4)C(=O)[C@H]3[C@H]2N1C(=O)C(C)(C)C. The highest BCUT2D eigenvalue weighted by Gasteiger charge is 2.68. The van der Waals surface area contributed by atoms with Gasteiger partial charge >= 0.3 is 0 Å².